The Kier molecular flexibility index (Phi) is 6.00. The Balaban J connectivity index is 0.00000205. The molecule has 6 heteroatoms. The van der Waals surface area contributed by atoms with Crippen molar-refractivity contribution in [2.75, 3.05) is 13.1 Å². The van der Waals surface area contributed by atoms with E-state index in [1.54, 1.807) is 0 Å². The van der Waals surface area contributed by atoms with Crippen LogP contribution < -0.4 is 5.32 Å². The molecule has 166 valence electrons. The highest BCUT2D eigenvalue weighted by atomic mass is 35.5. The molecule has 4 saturated carbocycles. The molecular weight excluding hydrogens is 388 g/mol. The lowest BCUT2D eigenvalue weighted by atomic mass is 9.44. The number of hydrogen-bond acceptors (Lipinski definition) is 5. The molecule has 1 aliphatic heterocycles. The first-order chi connectivity index (χ1) is 13.4. The summed E-state index contributed by atoms with van der Waals surface area (Å²) >= 11 is 0. The van der Waals surface area contributed by atoms with Crippen molar-refractivity contribution in [3.63, 3.8) is 0 Å². The summed E-state index contributed by atoms with van der Waals surface area (Å²) in [5.41, 5.74) is 1.43. The van der Waals surface area contributed by atoms with Gasteiger partial charge in [-0.05, 0) is 92.4 Å². The molecule has 29 heavy (non-hydrogen) atoms. The molecule has 0 spiro atoms. The number of aliphatic hydroxyl groups excluding tert-OH is 2. The number of fused-ring (bicyclic) bond motifs is 5. The van der Waals surface area contributed by atoms with Crippen LogP contribution in [0, 0.1) is 34.5 Å². The molecule has 1 saturated heterocycles. The first kappa shape index (κ1) is 21.9. The van der Waals surface area contributed by atoms with Crippen LogP contribution in [-0.2, 0) is 4.84 Å². The molecule has 5 nitrogen and oxygen atoms in total. The normalized spacial score (nSPS) is 53.0. The van der Waals surface area contributed by atoms with Crippen molar-refractivity contribution in [1.82, 2.24) is 5.32 Å². The fourth-order valence-corrected chi connectivity index (χ4v) is 8.02. The number of hydrogen-bond donors (Lipinski definition) is 3. The Morgan fingerprint density at radius 1 is 1.00 bits per heavy atom. The van der Waals surface area contributed by atoms with Crippen LogP contribution in [0.25, 0.3) is 0 Å². The largest absolute Gasteiger partial charge is 0.393 e. The third-order valence-corrected chi connectivity index (χ3v) is 9.81. The number of halogens is 1. The maximum Gasteiger partial charge on any atom is 0.141 e. The van der Waals surface area contributed by atoms with E-state index in [-0.39, 0.29) is 41.5 Å². The van der Waals surface area contributed by atoms with Crippen LogP contribution in [0.15, 0.2) is 5.16 Å². The van der Waals surface area contributed by atoms with Gasteiger partial charge in [-0.25, -0.2) is 0 Å². The Labute approximate surface area is 181 Å². The van der Waals surface area contributed by atoms with Gasteiger partial charge in [0.25, 0.3) is 0 Å². The SMILES string of the molecule is C[C@]12CCC(=NO[C@@H]3CCNC3)CC1C(O)C[C@@H]1[C@H]2CC[C@]2(C)C(O)CC[C@@H]12.Cl. The van der Waals surface area contributed by atoms with Crippen LogP contribution >= 0.6 is 12.4 Å². The number of nitrogens with one attached hydrogen (secondary N) is 1. The van der Waals surface area contributed by atoms with Crippen molar-refractivity contribution < 1.29 is 15.1 Å². The zero-order valence-corrected chi connectivity index (χ0v) is 18.8. The minimum Gasteiger partial charge on any atom is -0.393 e. The van der Waals surface area contributed by atoms with Crippen molar-refractivity contribution in [3.05, 3.63) is 0 Å². The number of aliphatic hydroxyl groups is 2. The van der Waals surface area contributed by atoms with E-state index in [1.165, 1.54) is 6.42 Å². The van der Waals surface area contributed by atoms with Crippen molar-refractivity contribution in [2.45, 2.75) is 89.9 Å². The summed E-state index contributed by atoms with van der Waals surface area (Å²) in [5, 5.41) is 29.7. The van der Waals surface area contributed by atoms with Crippen molar-refractivity contribution >= 4 is 18.1 Å². The highest BCUT2D eigenvalue weighted by Gasteiger charge is 2.61. The quantitative estimate of drug-likeness (QED) is 0.590. The predicted molar refractivity (Wildman–Crippen MR) is 116 cm³/mol. The van der Waals surface area contributed by atoms with E-state index in [0.717, 1.165) is 70.2 Å². The molecule has 0 amide bonds. The fourth-order valence-electron chi connectivity index (χ4n) is 8.02. The number of rotatable bonds is 2. The molecule has 9 atom stereocenters. The third-order valence-electron chi connectivity index (χ3n) is 9.81. The monoisotopic (exact) mass is 426 g/mol. The molecule has 3 unspecified atom stereocenters. The van der Waals surface area contributed by atoms with E-state index in [1.807, 2.05) is 0 Å². The second-order valence-electron chi connectivity index (χ2n) is 11.0. The van der Waals surface area contributed by atoms with E-state index < -0.39 is 0 Å². The highest BCUT2D eigenvalue weighted by Crippen LogP contribution is 2.66. The van der Waals surface area contributed by atoms with Crippen LogP contribution in [0.1, 0.15) is 71.6 Å². The first-order valence-electron chi connectivity index (χ1n) is 11.7. The van der Waals surface area contributed by atoms with Gasteiger partial charge >= 0.3 is 0 Å². The van der Waals surface area contributed by atoms with Crippen LogP contribution in [0.4, 0.5) is 0 Å². The van der Waals surface area contributed by atoms with Gasteiger partial charge in [0.05, 0.1) is 17.9 Å². The molecule has 0 bridgehead atoms. The Morgan fingerprint density at radius 2 is 1.79 bits per heavy atom. The Hall–Kier alpha value is -0.360. The molecule has 0 radical (unpaired) electrons. The van der Waals surface area contributed by atoms with Crippen LogP contribution in [0.3, 0.4) is 0 Å². The zero-order valence-electron chi connectivity index (χ0n) is 18.0. The molecule has 4 aliphatic carbocycles. The third kappa shape index (κ3) is 3.44. The summed E-state index contributed by atoms with van der Waals surface area (Å²) < 4.78 is 0. The van der Waals surface area contributed by atoms with Gasteiger partial charge < -0.3 is 20.4 Å². The summed E-state index contributed by atoms with van der Waals surface area (Å²) in [6, 6.07) is 0. The van der Waals surface area contributed by atoms with Crippen molar-refractivity contribution in [3.8, 4) is 0 Å². The average molecular weight is 427 g/mol. The van der Waals surface area contributed by atoms with Gasteiger partial charge in [0.1, 0.15) is 6.10 Å². The van der Waals surface area contributed by atoms with Crippen molar-refractivity contribution in [2.24, 2.45) is 39.7 Å². The van der Waals surface area contributed by atoms with Gasteiger partial charge in [0, 0.05) is 13.0 Å². The number of nitrogens with zero attached hydrogens (tertiary/aromatic N) is 1. The smallest absolute Gasteiger partial charge is 0.141 e. The summed E-state index contributed by atoms with van der Waals surface area (Å²) in [5.74, 6) is 2.15. The molecule has 5 fully saturated rings. The van der Waals surface area contributed by atoms with Crippen molar-refractivity contribution in [1.29, 1.82) is 0 Å². The van der Waals surface area contributed by atoms with Crippen LogP contribution in [-0.4, -0.2) is 47.3 Å². The van der Waals surface area contributed by atoms with E-state index in [4.69, 9.17) is 4.84 Å². The molecule has 0 aromatic rings. The van der Waals surface area contributed by atoms with Gasteiger partial charge in [-0.2, -0.15) is 0 Å². The average Bonchev–Trinajstić information content (AvgIpc) is 3.29. The second-order valence-corrected chi connectivity index (χ2v) is 11.0. The lowest BCUT2D eigenvalue weighted by Gasteiger charge is -2.61. The summed E-state index contributed by atoms with van der Waals surface area (Å²) in [4.78, 5) is 5.79. The van der Waals surface area contributed by atoms with E-state index in [0.29, 0.717) is 23.7 Å². The fraction of sp³-hybridized carbons (Fsp3) is 0.957. The molecule has 1 heterocycles. The topological polar surface area (TPSA) is 74.1 Å². The van der Waals surface area contributed by atoms with E-state index in [2.05, 4.69) is 24.3 Å². The molecule has 5 rings (SSSR count). The zero-order chi connectivity index (χ0) is 19.5. The Bertz CT molecular complexity index is 640. The maximum absolute atomic E-state index is 11.2. The first-order valence-corrected chi connectivity index (χ1v) is 11.7. The van der Waals surface area contributed by atoms with Gasteiger partial charge in [0.15, 0.2) is 0 Å². The molecule has 0 aromatic heterocycles. The second kappa shape index (κ2) is 7.96. The molecular formula is C23H39ClN2O3. The van der Waals surface area contributed by atoms with Gasteiger partial charge in [-0.3, -0.25) is 0 Å². The van der Waals surface area contributed by atoms with Gasteiger partial charge in [-0.15, -0.1) is 12.4 Å². The molecule has 0 aromatic carbocycles. The molecule has 3 N–H and O–H groups in total. The van der Waals surface area contributed by atoms with E-state index in [9.17, 15) is 10.2 Å². The summed E-state index contributed by atoms with van der Waals surface area (Å²) in [6.45, 7) is 6.68. The highest BCUT2D eigenvalue weighted by molar-refractivity contribution is 5.85. The lowest BCUT2D eigenvalue weighted by molar-refractivity contribution is -0.153. The van der Waals surface area contributed by atoms with Crippen LogP contribution in [0.2, 0.25) is 0 Å². The van der Waals surface area contributed by atoms with E-state index >= 15 is 0 Å². The van der Waals surface area contributed by atoms with Crippen LogP contribution in [0.5, 0.6) is 0 Å². The standard InChI is InChI=1S/C23H38N2O3.ClH/c1-22-8-5-14(25-28-15-7-10-24-13-15)11-19(22)20(26)12-16-17-3-4-21(27)23(17,2)9-6-18(16)22;/h15-21,24,26-27H,3-13H2,1-2H3;1H/t15-,16+,17+,18-,19?,20?,21?,22-,23+;/m1./s1. The molecule has 5 aliphatic rings. The number of oxime groups is 1. The van der Waals surface area contributed by atoms with Gasteiger partial charge in [0.2, 0.25) is 0 Å². The Morgan fingerprint density at radius 3 is 2.55 bits per heavy atom. The summed E-state index contributed by atoms with van der Waals surface area (Å²) in [7, 11) is 0. The summed E-state index contributed by atoms with van der Waals surface area (Å²) in [6.07, 6.45) is 9.25. The minimum atomic E-state index is -0.245. The lowest BCUT2D eigenvalue weighted by Crippen LogP contribution is -2.58. The van der Waals surface area contributed by atoms with Gasteiger partial charge in [-0.1, -0.05) is 19.0 Å². The maximum atomic E-state index is 11.2. The predicted octanol–water partition coefficient (Wildman–Crippen LogP) is 3.52. The minimum absolute atomic E-state index is 0.